The van der Waals surface area contributed by atoms with Gasteiger partial charge in [-0.05, 0) is 56.1 Å². The highest BCUT2D eigenvalue weighted by Gasteiger charge is 2.38. The van der Waals surface area contributed by atoms with Crippen LogP contribution in [0.5, 0.6) is 0 Å². The topological polar surface area (TPSA) is 299 Å². The minimum atomic E-state index is -1.17. The zero-order chi connectivity index (χ0) is 42.8. The van der Waals surface area contributed by atoms with Gasteiger partial charge in [0.1, 0.15) is 36.3 Å². The van der Waals surface area contributed by atoms with Gasteiger partial charge in [-0.25, -0.2) is 0 Å². The third-order valence-corrected chi connectivity index (χ3v) is 9.55. The minimum Gasteiger partial charge on any atom is -0.370 e. The van der Waals surface area contributed by atoms with Crippen LogP contribution in [0, 0.1) is 5.92 Å². The molecule has 1 aliphatic heterocycles. The van der Waals surface area contributed by atoms with Crippen molar-refractivity contribution in [2.24, 2.45) is 33.8 Å². The van der Waals surface area contributed by atoms with Crippen molar-refractivity contribution in [3.63, 3.8) is 0 Å². The lowest BCUT2D eigenvalue weighted by Crippen LogP contribution is -2.60. The van der Waals surface area contributed by atoms with E-state index in [1.807, 2.05) is 26.0 Å². The number of primary amides is 1. The Labute approximate surface area is 339 Å². The average molecular weight is 806 g/mol. The number of aliphatic imine (C=N–C) groups is 1. The molecule has 1 aliphatic rings. The van der Waals surface area contributed by atoms with Crippen molar-refractivity contribution in [1.29, 1.82) is 0 Å². The Morgan fingerprint density at radius 1 is 0.724 bits per heavy atom. The van der Waals surface area contributed by atoms with Crippen LogP contribution in [0.15, 0.2) is 65.7 Å². The van der Waals surface area contributed by atoms with Gasteiger partial charge in [0, 0.05) is 25.9 Å². The fourth-order valence-corrected chi connectivity index (χ4v) is 6.61. The Kier molecular flexibility index (Phi) is 18.6. The quantitative estimate of drug-likeness (QED) is 0.0375. The summed E-state index contributed by atoms with van der Waals surface area (Å²) in [5, 5.41) is 13.5. The van der Waals surface area contributed by atoms with Gasteiger partial charge >= 0.3 is 0 Å². The number of hydrogen-bond donors (Lipinski definition) is 9. The smallest absolute Gasteiger partial charge is 0.245 e. The molecule has 2 aromatic rings. The Morgan fingerprint density at radius 3 is 1.81 bits per heavy atom. The first-order valence-corrected chi connectivity index (χ1v) is 19.5. The lowest BCUT2D eigenvalue weighted by atomic mass is 10.00. The van der Waals surface area contributed by atoms with Gasteiger partial charge in [-0.3, -0.25) is 38.6 Å². The molecule has 18 nitrogen and oxygen atoms in total. The predicted octanol–water partition coefficient (Wildman–Crippen LogP) is -1.55. The minimum absolute atomic E-state index is 0.0593. The summed E-state index contributed by atoms with van der Waals surface area (Å²) < 4.78 is 0. The third kappa shape index (κ3) is 15.1. The van der Waals surface area contributed by atoms with E-state index < -0.39 is 77.6 Å². The molecule has 13 N–H and O–H groups in total. The number of benzene rings is 2. The SMILES string of the molecule is CC(C)C[C@H](NC(=O)[C@H](Cc1ccccc1)NC(=O)[C@@H]1CCCN1C(=O)[C@H](C)NC(=O)CN)C(=O)N[C@@H](CCCN=C(N)N)C(=O)N[C@@H](Cc1ccccc1)C(N)=O. The fraction of sp³-hybridized carbons (Fsp3) is 0.500. The van der Waals surface area contributed by atoms with Gasteiger partial charge in [0.25, 0.3) is 0 Å². The summed E-state index contributed by atoms with van der Waals surface area (Å²) in [5.74, 6) is -4.56. The van der Waals surface area contributed by atoms with E-state index in [0.29, 0.717) is 12.8 Å². The summed E-state index contributed by atoms with van der Waals surface area (Å²) in [6.07, 6.45) is 1.56. The van der Waals surface area contributed by atoms with E-state index >= 15 is 0 Å². The lowest BCUT2D eigenvalue weighted by Gasteiger charge is -2.29. The molecule has 0 radical (unpaired) electrons. The average Bonchev–Trinajstić information content (AvgIpc) is 3.68. The predicted molar refractivity (Wildman–Crippen MR) is 218 cm³/mol. The molecule has 0 saturated carbocycles. The Balaban J connectivity index is 1.84. The number of hydrogen-bond acceptors (Lipinski definition) is 9. The molecule has 58 heavy (non-hydrogen) atoms. The number of guanidine groups is 1. The van der Waals surface area contributed by atoms with Gasteiger partial charge < -0.3 is 54.4 Å². The Morgan fingerprint density at radius 2 is 1.26 bits per heavy atom. The molecule has 0 aromatic heterocycles. The van der Waals surface area contributed by atoms with Crippen molar-refractivity contribution in [2.75, 3.05) is 19.6 Å². The summed E-state index contributed by atoms with van der Waals surface area (Å²) in [7, 11) is 0. The molecule has 0 unspecified atom stereocenters. The number of amides is 7. The molecule has 6 atom stereocenters. The number of carbonyl (C=O) groups is 7. The first-order chi connectivity index (χ1) is 27.6. The number of nitrogens with two attached hydrogens (primary N) is 4. The van der Waals surface area contributed by atoms with Gasteiger partial charge in [-0.15, -0.1) is 0 Å². The third-order valence-electron chi connectivity index (χ3n) is 9.55. The van der Waals surface area contributed by atoms with E-state index in [-0.39, 0.29) is 63.6 Å². The van der Waals surface area contributed by atoms with Gasteiger partial charge in [0.05, 0.1) is 6.54 Å². The number of nitrogens with zero attached hydrogens (tertiary/aromatic N) is 2. The van der Waals surface area contributed by atoms with Crippen LogP contribution in [0.4, 0.5) is 0 Å². The van der Waals surface area contributed by atoms with E-state index in [9.17, 15) is 33.6 Å². The molecular weight excluding hydrogens is 747 g/mol. The summed E-state index contributed by atoms with van der Waals surface area (Å²) in [6.45, 7) is 5.36. The van der Waals surface area contributed by atoms with Crippen LogP contribution in [-0.4, -0.2) is 108 Å². The molecule has 7 amide bonds. The van der Waals surface area contributed by atoms with E-state index in [2.05, 4.69) is 31.6 Å². The van der Waals surface area contributed by atoms with Gasteiger partial charge in [-0.1, -0.05) is 74.5 Å². The number of nitrogens with one attached hydrogen (secondary N) is 5. The van der Waals surface area contributed by atoms with E-state index in [1.165, 1.54) is 11.8 Å². The van der Waals surface area contributed by atoms with Crippen molar-refractivity contribution in [3.05, 3.63) is 71.8 Å². The molecular formula is C40H59N11O7. The van der Waals surface area contributed by atoms with Gasteiger partial charge in [-0.2, -0.15) is 0 Å². The molecule has 3 rings (SSSR count). The largest absolute Gasteiger partial charge is 0.370 e. The maximum Gasteiger partial charge on any atom is 0.245 e. The fourth-order valence-electron chi connectivity index (χ4n) is 6.61. The van der Waals surface area contributed by atoms with Crippen LogP contribution in [0.2, 0.25) is 0 Å². The molecule has 0 spiro atoms. The van der Waals surface area contributed by atoms with Crippen LogP contribution in [0.1, 0.15) is 64.0 Å². The van der Waals surface area contributed by atoms with Gasteiger partial charge in [0.15, 0.2) is 5.96 Å². The standard InChI is InChI=1S/C40H59N11O7/c1-24(2)20-30(36(55)47-28(16-10-18-45-40(43)44)35(54)48-29(34(42)53)21-26-12-6-4-7-13-26)49-37(56)31(22-27-14-8-5-9-15-27)50-38(57)32-17-11-19-51(32)39(58)25(3)46-33(52)23-41/h4-9,12-15,24-25,28-32H,10-11,16-23,41H2,1-3H3,(H2,42,53)(H,46,52)(H,47,55)(H,48,54)(H,49,56)(H,50,57)(H4,43,44,45)/t25-,28-,29-,30-,31-,32-/m0/s1. The molecule has 1 fully saturated rings. The lowest BCUT2D eigenvalue weighted by molar-refractivity contribution is -0.141. The number of likely N-dealkylation sites (tertiary alicyclic amines) is 1. The van der Waals surface area contributed by atoms with E-state index in [1.54, 1.807) is 48.5 Å². The van der Waals surface area contributed by atoms with Crippen molar-refractivity contribution in [2.45, 2.75) is 102 Å². The first kappa shape index (κ1) is 46.3. The maximum atomic E-state index is 14.1. The summed E-state index contributed by atoms with van der Waals surface area (Å²) in [4.78, 5) is 98.6. The molecule has 316 valence electrons. The monoisotopic (exact) mass is 805 g/mol. The molecule has 0 bridgehead atoms. The summed E-state index contributed by atoms with van der Waals surface area (Å²) >= 11 is 0. The zero-order valence-electron chi connectivity index (χ0n) is 33.4. The van der Waals surface area contributed by atoms with E-state index in [0.717, 1.165) is 11.1 Å². The second-order valence-corrected chi connectivity index (χ2v) is 14.8. The second kappa shape index (κ2) is 23.3. The van der Waals surface area contributed by atoms with E-state index in [4.69, 9.17) is 22.9 Å². The Bertz CT molecular complexity index is 1740. The highest BCUT2D eigenvalue weighted by molar-refractivity contribution is 5.97. The molecule has 2 aromatic carbocycles. The number of rotatable bonds is 22. The normalized spacial score (nSPS) is 16.2. The van der Waals surface area contributed by atoms with Crippen LogP contribution in [0.3, 0.4) is 0 Å². The van der Waals surface area contributed by atoms with Crippen molar-refractivity contribution in [1.82, 2.24) is 31.5 Å². The Hall–Kier alpha value is -6.04. The van der Waals surface area contributed by atoms with Crippen LogP contribution in [0.25, 0.3) is 0 Å². The number of carbonyl (C=O) groups excluding carboxylic acids is 7. The molecule has 1 saturated heterocycles. The summed E-state index contributed by atoms with van der Waals surface area (Å²) in [5.41, 5.74) is 23.5. The maximum absolute atomic E-state index is 14.1. The van der Waals surface area contributed by atoms with Crippen LogP contribution >= 0.6 is 0 Å². The van der Waals surface area contributed by atoms with Crippen LogP contribution in [-0.2, 0) is 46.4 Å². The van der Waals surface area contributed by atoms with Crippen molar-refractivity contribution < 1.29 is 33.6 Å². The summed E-state index contributed by atoms with van der Waals surface area (Å²) in [6, 6.07) is 11.5. The highest BCUT2D eigenvalue weighted by Crippen LogP contribution is 2.19. The highest BCUT2D eigenvalue weighted by atomic mass is 16.2. The molecule has 18 heteroatoms. The zero-order valence-corrected chi connectivity index (χ0v) is 33.4. The van der Waals surface area contributed by atoms with Crippen molar-refractivity contribution in [3.8, 4) is 0 Å². The molecule has 0 aliphatic carbocycles. The molecule has 1 heterocycles. The first-order valence-electron chi connectivity index (χ1n) is 19.5. The van der Waals surface area contributed by atoms with Crippen LogP contribution < -0.4 is 49.5 Å². The van der Waals surface area contributed by atoms with Gasteiger partial charge in [0.2, 0.25) is 41.4 Å². The second-order valence-electron chi connectivity index (χ2n) is 14.8. The van der Waals surface area contributed by atoms with Crippen molar-refractivity contribution >= 4 is 47.3 Å².